The predicted molar refractivity (Wildman–Crippen MR) is 108 cm³/mol. The summed E-state index contributed by atoms with van der Waals surface area (Å²) in [4.78, 5) is 12.1. The predicted octanol–water partition coefficient (Wildman–Crippen LogP) is 3.20. The van der Waals surface area contributed by atoms with Crippen molar-refractivity contribution < 1.29 is 17.7 Å². The molecule has 0 bridgehead atoms. The van der Waals surface area contributed by atoms with Gasteiger partial charge in [0, 0.05) is 37.9 Å². The molecule has 0 fully saturated rings. The number of alkyl halides is 3. The van der Waals surface area contributed by atoms with Crippen LogP contribution in [0.25, 0.3) is 0 Å². The number of thiazole rings is 1. The number of nitrogens with one attached hydrogen (secondary N) is 2. The van der Waals surface area contributed by atoms with Crippen LogP contribution in [-0.2, 0) is 19.0 Å². The number of nitrogens with zero attached hydrogens (tertiary/aromatic N) is 4. The zero-order chi connectivity index (χ0) is 19.0. The van der Waals surface area contributed by atoms with Crippen LogP contribution in [0, 0.1) is 6.92 Å². The number of rotatable bonds is 8. The van der Waals surface area contributed by atoms with Crippen LogP contribution in [0.3, 0.4) is 0 Å². The van der Waals surface area contributed by atoms with Gasteiger partial charge in [0.2, 0.25) is 5.89 Å². The highest BCUT2D eigenvalue weighted by molar-refractivity contribution is 14.0. The maximum absolute atomic E-state index is 12.5. The summed E-state index contributed by atoms with van der Waals surface area (Å²) >= 11 is 1.01. The van der Waals surface area contributed by atoms with Crippen molar-refractivity contribution in [1.29, 1.82) is 0 Å². The van der Waals surface area contributed by atoms with E-state index < -0.39 is 11.9 Å². The van der Waals surface area contributed by atoms with Gasteiger partial charge < -0.3 is 15.2 Å². The molecule has 0 saturated heterocycles. The standard InChI is InChI=1S/C15H21F3N6OS.HI/c1-3-19-14(20-7-4-5-12-22-10(2)24-25-12)21-8-6-13-23-11(9-26-13)15(16,17)18;/h9H,3-8H2,1-2H3,(H2,19,20,21);1H. The van der Waals surface area contributed by atoms with Gasteiger partial charge in [-0.2, -0.15) is 18.2 Å². The lowest BCUT2D eigenvalue weighted by atomic mass is 10.3. The van der Waals surface area contributed by atoms with Gasteiger partial charge in [0.1, 0.15) is 0 Å². The van der Waals surface area contributed by atoms with Gasteiger partial charge in [-0.15, -0.1) is 35.3 Å². The molecule has 2 rings (SSSR count). The molecule has 0 aromatic carbocycles. The molecular weight excluding hydrogens is 496 g/mol. The van der Waals surface area contributed by atoms with Crippen molar-refractivity contribution in [2.45, 2.75) is 39.3 Å². The topological polar surface area (TPSA) is 88.2 Å². The quantitative estimate of drug-likeness (QED) is 0.242. The number of hydrogen-bond acceptors (Lipinski definition) is 6. The number of aromatic nitrogens is 3. The summed E-state index contributed by atoms with van der Waals surface area (Å²) in [6.07, 6.45) is -2.61. The van der Waals surface area contributed by atoms with E-state index in [0.717, 1.165) is 23.1 Å². The van der Waals surface area contributed by atoms with Crippen molar-refractivity contribution in [3.8, 4) is 0 Å². The van der Waals surface area contributed by atoms with Crippen LogP contribution < -0.4 is 10.6 Å². The Bertz CT molecular complexity index is 718. The Hall–Kier alpha value is -1.44. The van der Waals surface area contributed by atoms with Crippen LogP contribution in [0.4, 0.5) is 13.2 Å². The van der Waals surface area contributed by atoms with E-state index in [-0.39, 0.29) is 24.0 Å². The smallest absolute Gasteiger partial charge is 0.357 e. The third kappa shape index (κ3) is 8.41. The summed E-state index contributed by atoms with van der Waals surface area (Å²) in [5, 5.41) is 11.4. The Labute approximate surface area is 176 Å². The molecule has 0 atom stereocenters. The second-order valence-electron chi connectivity index (χ2n) is 5.40. The number of aryl methyl sites for hydroxylation is 2. The lowest BCUT2D eigenvalue weighted by Crippen LogP contribution is -2.38. The molecule has 0 radical (unpaired) electrons. The van der Waals surface area contributed by atoms with Crippen molar-refractivity contribution in [2.24, 2.45) is 4.99 Å². The maximum Gasteiger partial charge on any atom is 0.434 e. The maximum atomic E-state index is 12.5. The van der Waals surface area contributed by atoms with E-state index >= 15 is 0 Å². The van der Waals surface area contributed by atoms with E-state index in [2.05, 4.69) is 30.8 Å². The average Bonchev–Trinajstić information content (AvgIpc) is 3.20. The summed E-state index contributed by atoms with van der Waals surface area (Å²) < 4.78 is 42.6. The molecule has 7 nitrogen and oxygen atoms in total. The highest BCUT2D eigenvalue weighted by atomic mass is 127. The molecule has 0 saturated carbocycles. The lowest BCUT2D eigenvalue weighted by Gasteiger charge is -2.10. The van der Waals surface area contributed by atoms with Crippen LogP contribution in [0.15, 0.2) is 14.9 Å². The van der Waals surface area contributed by atoms with Gasteiger partial charge in [0.15, 0.2) is 17.5 Å². The fourth-order valence-electron chi connectivity index (χ4n) is 2.05. The first-order chi connectivity index (χ1) is 12.4. The van der Waals surface area contributed by atoms with E-state index in [0.29, 0.717) is 55.2 Å². The zero-order valence-corrected chi connectivity index (χ0v) is 18.1. The van der Waals surface area contributed by atoms with E-state index in [1.54, 1.807) is 6.92 Å². The summed E-state index contributed by atoms with van der Waals surface area (Å²) in [5.41, 5.74) is -0.839. The summed E-state index contributed by atoms with van der Waals surface area (Å²) in [7, 11) is 0. The zero-order valence-electron chi connectivity index (χ0n) is 15.0. The third-order valence-electron chi connectivity index (χ3n) is 3.21. The molecule has 2 aromatic heterocycles. The Kier molecular flexibility index (Phi) is 9.98. The summed E-state index contributed by atoms with van der Waals surface area (Å²) in [6, 6.07) is 0. The highest BCUT2D eigenvalue weighted by Crippen LogP contribution is 2.29. The molecule has 0 amide bonds. The van der Waals surface area contributed by atoms with Crippen molar-refractivity contribution in [2.75, 3.05) is 19.6 Å². The van der Waals surface area contributed by atoms with Gasteiger partial charge in [-0.05, 0) is 20.3 Å². The number of guanidine groups is 1. The molecular formula is C15H22F3IN6OS. The molecule has 2 aromatic rings. The highest BCUT2D eigenvalue weighted by Gasteiger charge is 2.33. The van der Waals surface area contributed by atoms with Crippen molar-refractivity contribution in [3.63, 3.8) is 0 Å². The van der Waals surface area contributed by atoms with Crippen LogP contribution in [0.5, 0.6) is 0 Å². The van der Waals surface area contributed by atoms with Gasteiger partial charge in [0.05, 0.1) is 5.01 Å². The van der Waals surface area contributed by atoms with Gasteiger partial charge in [0.25, 0.3) is 0 Å². The molecule has 0 aliphatic heterocycles. The molecule has 0 unspecified atom stereocenters. The van der Waals surface area contributed by atoms with Crippen molar-refractivity contribution >= 4 is 41.3 Å². The van der Waals surface area contributed by atoms with Gasteiger partial charge in [-0.1, -0.05) is 5.16 Å². The van der Waals surface area contributed by atoms with Crippen LogP contribution in [0.1, 0.15) is 35.8 Å². The van der Waals surface area contributed by atoms with Crippen molar-refractivity contribution in [3.05, 3.63) is 27.8 Å². The first-order valence-electron chi connectivity index (χ1n) is 8.21. The largest absolute Gasteiger partial charge is 0.434 e. The van der Waals surface area contributed by atoms with Gasteiger partial charge >= 0.3 is 6.18 Å². The summed E-state index contributed by atoms with van der Waals surface area (Å²) in [5.74, 6) is 1.80. The SMILES string of the molecule is CCNC(=NCCCc1nc(C)no1)NCCc1nc(C(F)(F)F)cs1.I. The van der Waals surface area contributed by atoms with Gasteiger partial charge in [-0.25, -0.2) is 4.98 Å². The van der Waals surface area contributed by atoms with E-state index in [4.69, 9.17) is 4.52 Å². The van der Waals surface area contributed by atoms with E-state index in [1.807, 2.05) is 6.92 Å². The fourth-order valence-corrected chi connectivity index (χ4v) is 2.85. The van der Waals surface area contributed by atoms with Gasteiger partial charge in [-0.3, -0.25) is 4.99 Å². The first kappa shape index (κ1) is 23.6. The minimum Gasteiger partial charge on any atom is -0.357 e. The Morgan fingerprint density at radius 3 is 2.63 bits per heavy atom. The monoisotopic (exact) mass is 518 g/mol. The van der Waals surface area contributed by atoms with Crippen molar-refractivity contribution in [1.82, 2.24) is 25.8 Å². The average molecular weight is 518 g/mol. The second kappa shape index (κ2) is 11.4. The van der Waals surface area contributed by atoms with E-state index in [9.17, 15) is 13.2 Å². The minimum absolute atomic E-state index is 0. The van der Waals surface area contributed by atoms with Crippen LogP contribution >= 0.6 is 35.3 Å². The number of halogens is 4. The third-order valence-corrected chi connectivity index (χ3v) is 4.11. The minimum atomic E-state index is -4.39. The molecule has 2 N–H and O–H groups in total. The molecule has 0 aliphatic rings. The fraction of sp³-hybridized carbons (Fsp3) is 0.600. The summed E-state index contributed by atoms with van der Waals surface area (Å²) in [6.45, 7) is 5.39. The Balaban J connectivity index is 0.00000364. The molecule has 27 heavy (non-hydrogen) atoms. The van der Waals surface area contributed by atoms with Crippen LogP contribution in [0.2, 0.25) is 0 Å². The number of aliphatic imine (C=N–C) groups is 1. The van der Waals surface area contributed by atoms with Crippen LogP contribution in [-0.4, -0.2) is 40.7 Å². The normalized spacial score (nSPS) is 12.0. The first-order valence-corrected chi connectivity index (χ1v) is 9.09. The van der Waals surface area contributed by atoms with E-state index in [1.165, 1.54) is 0 Å². The molecule has 0 aliphatic carbocycles. The molecule has 2 heterocycles. The molecule has 12 heteroatoms. The molecule has 0 spiro atoms. The molecule has 152 valence electrons. The Morgan fingerprint density at radius 2 is 2.04 bits per heavy atom. The Morgan fingerprint density at radius 1 is 1.26 bits per heavy atom. The lowest BCUT2D eigenvalue weighted by molar-refractivity contribution is -0.140. The number of hydrogen-bond donors (Lipinski definition) is 2. The second-order valence-corrected chi connectivity index (χ2v) is 6.34.